The van der Waals surface area contributed by atoms with Gasteiger partial charge < -0.3 is 9.22 Å². The van der Waals surface area contributed by atoms with Gasteiger partial charge in [-0.3, -0.25) is 4.79 Å². The summed E-state index contributed by atoms with van der Waals surface area (Å²) in [4.78, 5) is 11.2. The predicted octanol–water partition coefficient (Wildman–Crippen LogP) is 2.54. The molecule has 0 radical (unpaired) electrons. The molecule has 0 aromatic carbocycles. The predicted molar refractivity (Wildman–Crippen MR) is 71.7 cm³/mol. The van der Waals surface area contributed by atoms with E-state index in [1.54, 1.807) is 0 Å². The fraction of sp³-hybridized carbons (Fsp3) is 0.643. The monoisotopic (exact) mass is 240 g/mol. The lowest BCUT2D eigenvalue weighted by Gasteiger charge is -2.32. The highest BCUT2D eigenvalue weighted by atomic mass is 16.5. The quantitative estimate of drug-likeness (QED) is 0.254. The maximum Gasteiger partial charge on any atom is 0.305 e. The van der Waals surface area contributed by atoms with Crippen molar-refractivity contribution in [2.24, 2.45) is 0 Å². The normalized spacial score (nSPS) is 10.9. The van der Waals surface area contributed by atoms with Crippen molar-refractivity contribution in [1.29, 1.82) is 0 Å². The maximum atomic E-state index is 11.2. The summed E-state index contributed by atoms with van der Waals surface area (Å²) in [6.07, 6.45) is 6.32. The minimum absolute atomic E-state index is 0.0888. The number of ether oxygens (including phenoxy) is 1. The number of unbranched alkanes of at least 4 members (excludes halogenated alkanes) is 1. The summed E-state index contributed by atoms with van der Waals surface area (Å²) in [6.45, 7) is 12.8. The van der Waals surface area contributed by atoms with Crippen molar-refractivity contribution in [3.05, 3.63) is 25.3 Å². The Morgan fingerprint density at radius 2 is 1.82 bits per heavy atom. The lowest BCUT2D eigenvalue weighted by atomic mass is 10.2. The highest BCUT2D eigenvalue weighted by Crippen LogP contribution is 2.08. The van der Waals surface area contributed by atoms with Crippen molar-refractivity contribution in [3.63, 3.8) is 0 Å². The Kier molecular flexibility index (Phi) is 8.42. The van der Waals surface area contributed by atoms with E-state index in [1.807, 2.05) is 19.1 Å². The van der Waals surface area contributed by atoms with Crippen LogP contribution in [0.4, 0.5) is 0 Å². The van der Waals surface area contributed by atoms with Crippen LogP contribution < -0.4 is 0 Å². The topological polar surface area (TPSA) is 26.3 Å². The molecular formula is C14H26NO2+. The van der Waals surface area contributed by atoms with Crippen molar-refractivity contribution >= 4 is 5.97 Å². The lowest BCUT2D eigenvalue weighted by Crippen LogP contribution is -2.44. The van der Waals surface area contributed by atoms with Gasteiger partial charge in [0.2, 0.25) is 0 Å². The largest absolute Gasteiger partial charge is 0.466 e. The number of carbonyl (C=O) groups excluding carboxylic acids is 1. The molecule has 0 spiro atoms. The summed E-state index contributed by atoms with van der Waals surface area (Å²) in [5, 5.41) is 0. The third-order valence-electron chi connectivity index (χ3n) is 2.77. The van der Waals surface area contributed by atoms with E-state index < -0.39 is 0 Å². The molecule has 0 aliphatic carbocycles. The minimum atomic E-state index is -0.0888. The molecule has 3 heteroatoms. The van der Waals surface area contributed by atoms with Crippen LogP contribution in [0.2, 0.25) is 0 Å². The summed E-state index contributed by atoms with van der Waals surface area (Å²) >= 11 is 0. The summed E-state index contributed by atoms with van der Waals surface area (Å²) in [5.74, 6) is -0.0888. The van der Waals surface area contributed by atoms with Crippen molar-refractivity contribution in [2.75, 3.05) is 33.3 Å². The summed E-state index contributed by atoms with van der Waals surface area (Å²) in [6, 6.07) is 0. The molecule has 98 valence electrons. The first kappa shape index (κ1) is 15.9. The van der Waals surface area contributed by atoms with Crippen LogP contribution in [0.25, 0.3) is 0 Å². The SMILES string of the molecule is C=CC[N+](C)(CC=C)CCCCC(=O)OCC. The van der Waals surface area contributed by atoms with Crippen LogP contribution >= 0.6 is 0 Å². The Balaban J connectivity index is 3.85. The Labute approximate surface area is 105 Å². The maximum absolute atomic E-state index is 11.2. The molecule has 0 amide bonds. The smallest absolute Gasteiger partial charge is 0.305 e. The van der Waals surface area contributed by atoms with Gasteiger partial charge in [-0.15, -0.1) is 0 Å². The van der Waals surface area contributed by atoms with Crippen LogP contribution in [0, 0.1) is 0 Å². The molecule has 3 nitrogen and oxygen atoms in total. The van der Waals surface area contributed by atoms with E-state index in [4.69, 9.17) is 4.74 Å². The van der Waals surface area contributed by atoms with Crippen LogP contribution in [0.3, 0.4) is 0 Å². The lowest BCUT2D eigenvalue weighted by molar-refractivity contribution is -0.898. The number of esters is 1. The second-order valence-electron chi connectivity index (χ2n) is 4.55. The molecule has 0 atom stereocenters. The molecule has 0 aromatic rings. The Morgan fingerprint density at radius 1 is 1.24 bits per heavy atom. The average molecular weight is 240 g/mol. The molecule has 0 bridgehead atoms. The standard InChI is InChI=1S/C14H26NO2/c1-5-11-15(4,12-6-2)13-9-8-10-14(16)17-7-3/h5-6H,1-2,7-13H2,3-4H3/q+1. The van der Waals surface area contributed by atoms with E-state index in [0.29, 0.717) is 13.0 Å². The zero-order chi connectivity index (χ0) is 13.1. The second kappa shape index (κ2) is 8.99. The number of nitrogens with zero attached hydrogens (tertiary/aromatic N) is 1. The molecule has 0 aromatic heterocycles. The highest BCUT2D eigenvalue weighted by Gasteiger charge is 2.17. The average Bonchev–Trinajstić information content (AvgIpc) is 2.26. The van der Waals surface area contributed by atoms with E-state index >= 15 is 0 Å². The third-order valence-corrected chi connectivity index (χ3v) is 2.77. The number of quaternary nitrogens is 1. The molecule has 0 unspecified atom stereocenters. The van der Waals surface area contributed by atoms with Crippen molar-refractivity contribution in [1.82, 2.24) is 0 Å². The van der Waals surface area contributed by atoms with Gasteiger partial charge in [-0.1, -0.05) is 13.2 Å². The first-order chi connectivity index (χ1) is 8.08. The number of carbonyl (C=O) groups is 1. The van der Waals surface area contributed by atoms with Gasteiger partial charge in [0.25, 0.3) is 0 Å². The van der Waals surface area contributed by atoms with E-state index in [1.165, 1.54) is 0 Å². The molecule has 0 N–H and O–H groups in total. The van der Waals surface area contributed by atoms with E-state index in [-0.39, 0.29) is 5.97 Å². The van der Waals surface area contributed by atoms with Crippen LogP contribution in [0.15, 0.2) is 25.3 Å². The van der Waals surface area contributed by atoms with Gasteiger partial charge in [-0.2, -0.15) is 0 Å². The number of hydrogen-bond acceptors (Lipinski definition) is 2. The second-order valence-corrected chi connectivity index (χ2v) is 4.55. The van der Waals surface area contributed by atoms with Gasteiger partial charge in [-0.25, -0.2) is 0 Å². The fourth-order valence-corrected chi connectivity index (χ4v) is 1.88. The molecule has 0 saturated carbocycles. The van der Waals surface area contributed by atoms with Gasteiger partial charge in [0.15, 0.2) is 0 Å². The van der Waals surface area contributed by atoms with Crippen LogP contribution in [0.5, 0.6) is 0 Å². The van der Waals surface area contributed by atoms with E-state index in [2.05, 4.69) is 20.2 Å². The third kappa shape index (κ3) is 7.75. The first-order valence-electron chi connectivity index (χ1n) is 6.29. The molecule has 17 heavy (non-hydrogen) atoms. The molecule has 0 saturated heterocycles. The minimum Gasteiger partial charge on any atom is -0.466 e. The van der Waals surface area contributed by atoms with Crippen LogP contribution in [-0.2, 0) is 9.53 Å². The fourth-order valence-electron chi connectivity index (χ4n) is 1.88. The van der Waals surface area contributed by atoms with Gasteiger partial charge in [-0.05, 0) is 31.9 Å². The Hall–Kier alpha value is -1.09. The first-order valence-corrected chi connectivity index (χ1v) is 6.29. The zero-order valence-corrected chi connectivity index (χ0v) is 11.3. The van der Waals surface area contributed by atoms with Crippen LogP contribution in [0.1, 0.15) is 26.2 Å². The van der Waals surface area contributed by atoms with Crippen molar-refractivity contribution in [3.8, 4) is 0 Å². The zero-order valence-electron chi connectivity index (χ0n) is 11.3. The number of hydrogen-bond donors (Lipinski definition) is 0. The molecule has 0 rings (SSSR count). The summed E-state index contributed by atoms with van der Waals surface area (Å²) < 4.78 is 5.81. The van der Waals surface area contributed by atoms with Crippen molar-refractivity contribution in [2.45, 2.75) is 26.2 Å². The van der Waals surface area contributed by atoms with E-state index in [0.717, 1.165) is 37.0 Å². The Morgan fingerprint density at radius 3 is 2.29 bits per heavy atom. The molecule has 0 aliphatic rings. The molecule has 0 fully saturated rings. The van der Waals surface area contributed by atoms with E-state index in [9.17, 15) is 4.79 Å². The molecular weight excluding hydrogens is 214 g/mol. The number of likely N-dealkylation sites (N-methyl/N-ethyl adjacent to an activating group) is 1. The van der Waals surface area contributed by atoms with Gasteiger partial charge in [0.05, 0.1) is 33.3 Å². The van der Waals surface area contributed by atoms with Gasteiger partial charge in [0, 0.05) is 6.42 Å². The van der Waals surface area contributed by atoms with Gasteiger partial charge in [0.1, 0.15) is 0 Å². The van der Waals surface area contributed by atoms with Crippen molar-refractivity contribution < 1.29 is 14.0 Å². The Bertz CT molecular complexity index is 239. The van der Waals surface area contributed by atoms with Crippen LogP contribution in [-0.4, -0.2) is 43.7 Å². The summed E-state index contributed by atoms with van der Waals surface area (Å²) in [7, 11) is 2.19. The molecule has 0 aliphatic heterocycles. The highest BCUT2D eigenvalue weighted by molar-refractivity contribution is 5.69. The summed E-state index contributed by atoms with van der Waals surface area (Å²) in [5.41, 5.74) is 0. The molecule has 0 heterocycles. The number of rotatable bonds is 10. The van der Waals surface area contributed by atoms with Gasteiger partial charge >= 0.3 is 5.97 Å².